The monoisotopic (exact) mass is 322 g/mol. The fourth-order valence-corrected chi connectivity index (χ4v) is 4.88. The van der Waals surface area contributed by atoms with Gasteiger partial charge in [0, 0.05) is 17.5 Å². The molecular weight excluding hydrogens is 296 g/mol. The minimum atomic E-state index is -0.444. The van der Waals surface area contributed by atoms with Crippen LogP contribution in [0.3, 0.4) is 0 Å². The maximum Gasteiger partial charge on any atom is 0.407 e. The van der Waals surface area contributed by atoms with E-state index in [1.807, 2.05) is 32.1 Å². The predicted octanol–water partition coefficient (Wildman–Crippen LogP) is 3.56. The number of amides is 1. The molecule has 0 saturated heterocycles. The van der Waals surface area contributed by atoms with Crippen molar-refractivity contribution in [1.29, 1.82) is 0 Å². The fraction of sp³-hybridized carbons (Fsp3) is 0.706. The summed E-state index contributed by atoms with van der Waals surface area (Å²) in [7, 11) is 0. The number of hydrogen-bond donors (Lipinski definition) is 2. The van der Waals surface area contributed by atoms with Gasteiger partial charge < -0.3 is 15.4 Å². The number of ether oxygens (including phenoxy) is 1. The van der Waals surface area contributed by atoms with Gasteiger partial charge in [-0.2, -0.15) is 0 Å². The molecule has 2 aliphatic rings. The predicted molar refractivity (Wildman–Crippen MR) is 89.3 cm³/mol. The average Bonchev–Trinajstić information content (AvgIpc) is 2.86. The van der Waals surface area contributed by atoms with Crippen LogP contribution in [0.15, 0.2) is 11.4 Å². The highest BCUT2D eigenvalue weighted by atomic mass is 32.1. The summed E-state index contributed by atoms with van der Waals surface area (Å²) < 4.78 is 5.40. The Hall–Kier alpha value is -1.07. The van der Waals surface area contributed by atoms with E-state index in [1.54, 1.807) is 0 Å². The molecule has 22 heavy (non-hydrogen) atoms. The normalized spacial score (nSPS) is 28.2. The van der Waals surface area contributed by atoms with Crippen LogP contribution in [0.1, 0.15) is 56.9 Å². The first-order valence-electron chi connectivity index (χ1n) is 8.19. The standard InChI is InChI=1S/C17H26N2O2S/c1-16(2,3)21-15(20)19-13-5-4-8-17(11-13)14-12(6-9-18-17)7-10-22-14/h7,10,13,18H,4-6,8-9,11H2,1-3H3,(H,19,20). The topological polar surface area (TPSA) is 50.4 Å². The third kappa shape index (κ3) is 3.30. The summed E-state index contributed by atoms with van der Waals surface area (Å²) >= 11 is 1.86. The molecule has 1 aromatic rings. The molecule has 122 valence electrons. The highest BCUT2D eigenvalue weighted by molar-refractivity contribution is 7.10. The van der Waals surface area contributed by atoms with Gasteiger partial charge in [0.2, 0.25) is 0 Å². The maximum atomic E-state index is 12.0. The number of thiophene rings is 1. The molecule has 2 heterocycles. The van der Waals surface area contributed by atoms with Gasteiger partial charge in [-0.1, -0.05) is 0 Å². The van der Waals surface area contributed by atoms with E-state index < -0.39 is 5.60 Å². The maximum absolute atomic E-state index is 12.0. The summed E-state index contributed by atoms with van der Waals surface area (Å²) in [4.78, 5) is 13.5. The molecule has 3 rings (SSSR count). The zero-order chi connectivity index (χ0) is 15.8. The number of fused-ring (bicyclic) bond motifs is 2. The molecule has 1 aromatic heterocycles. The summed E-state index contributed by atoms with van der Waals surface area (Å²) in [5.41, 5.74) is 1.10. The molecule has 1 aliphatic carbocycles. The molecule has 1 spiro atoms. The van der Waals surface area contributed by atoms with Crippen LogP contribution < -0.4 is 10.6 Å². The van der Waals surface area contributed by atoms with Crippen LogP contribution in [0, 0.1) is 0 Å². The minimum absolute atomic E-state index is 0.0552. The van der Waals surface area contributed by atoms with Gasteiger partial charge in [-0.25, -0.2) is 4.79 Å². The second-order valence-electron chi connectivity index (χ2n) is 7.47. The third-order valence-corrected chi connectivity index (χ3v) is 5.67. The van der Waals surface area contributed by atoms with E-state index >= 15 is 0 Å². The summed E-state index contributed by atoms with van der Waals surface area (Å²) in [5.74, 6) is 0. The number of alkyl carbamates (subject to hydrolysis) is 1. The van der Waals surface area contributed by atoms with Crippen molar-refractivity contribution < 1.29 is 9.53 Å². The van der Waals surface area contributed by atoms with Crippen molar-refractivity contribution >= 4 is 17.4 Å². The number of hydrogen-bond acceptors (Lipinski definition) is 4. The van der Waals surface area contributed by atoms with Crippen molar-refractivity contribution in [2.24, 2.45) is 0 Å². The van der Waals surface area contributed by atoms with Crippen LogP contribution in [0.2, 0.25) is 0 Å². The van der Waals surface area contributed by atoms with E-state index in [1.165, 1.54) is 10.4 Å². The first-order valence-corrected chi connectivity index (χ1v) is 9.07. The molecule has 4 nitrogen and oxygen atoms in total. The highest BCUT2D eigenvalue weighted by Crippen LogP contribution is 2.43. The van der Waals surface area contributed by atoms with E-state index in [-0.39, 0.29) is 17.7 Å². The second kappa shape index (κ2) is 5.85. The van der Waals surface area contributed by atoms with Gasteiger partial charge in [0.15, 0.2) is 0 Å². The molecule has 2 atom stereocenters. The molecule has 5 heteroatoms. The molecule has 2 N–H and O–H groups in total. The lowest BCUT2D eigenvalue weighted by Crippen LogP contribution is -2.54. The molecule has 1 fully saturated rings. The molecule has 0 radical (unpaired) electrons. The van der Waals surface area contributed by atoms with Crippen molar-refractivity contribution in [2.75, 3.05) is 6.54 Å². The van der Waals surface area contributed by atoms with E-state index in [9.17, 15) is 4.79 Å². The van der Waals surface area contributed by atoms with Crippen LogP contribution in [-0.4, -0.2) is 24.3 Å². The molecule has 0 bridgehead atoms. The van der Waals surface area contributed by atoms with E-state index in [0.29, 0.717) is 0 Å². The first-order chi connectivity index (χ1) is 10.4. The Labute approximate surface area is 136 Å². The quantitative estimate of drug-likeness (QED) is 0.831. The van der Waals surface area contributed by atoms with E-state index in [4.69, 9.17) is 4.74 Å². The Balaban J connectivity index is 1.69. The zero-order valence-electron chi connectivity index (χ0n) is 13.7. The van der Waals surface area contributed by atoms with Gasteiger partial charge in [0.05, 0.1) is 5.54 Å². The Morgan fingerprint density at radius 2 is 2.32 bits per heavy atom. The third-order valence-electron chi connectivity index (χ3n) is 4.51. The smallest absolute Gasteiger partial charge is 0.407 e. The number of carbonyl (C=O) groups excluding carboxylic acids is 1. The van der Waals surface area contributed by atoms with Gasteiger partial charge in [-0.3, -0.25) is 0 Å². The molecule has 2 unspecified atom stereocenters. The number of nitrogens with one attached hydrogen (secondary N) is 2. The highest BCUT2D eigenvalue weighted by Gasteiger charge is 2.42. The second-order valence-corrected chi connectivity index (χ2v) is 8.39. The summed E-state index contributed by atoms with van der Waals surface area (Å²) in [5, 5.41) is 9.02. The van der Waals surface area contributed by atoms with E-state index in [2.05, 4.69) is 22.1 Å². The van der Waals surface area contributed by atoms with Gasteiger partial charge in [-0.15, -0.1) is 11.3 Å². The van der Waals surface area contributed by atoms with Crippen LogP contribution in [-0.2, 0) is 16.7 Å². The van der Waals surface area contributed by atoms with Crippen LogP contribution in [0.25, 0.3) is 0 Å². The van der Waals surface area contributed by atoms with Crippen molar-refractivity contribution in [3.05, 3.63) is 21.9 Å². The van der Waals surface area contributed by atoms with Crippen LogP contribution in [0.5, 0.6) is 0 Å². The Kier molecular flexibility index (Phi) is 4.21. The number of rotatable bonds is 1. The molecule has 0 aromatic carbocycles. The van der Waals surface area contributed by atoms with Crippen molar-refractivity contribution in [2.45, 2.75) is 70.1 Å². The van der Waals surface area contributed by atoms with Gasteiger partial charge in [0.1, 0.15) is 5.60 Å². The van der Waals surface area contributed by atoms with Crippen LogP contribution >= 0.6 is 11.3 Å². The van der Waals surface area contributed by atoms with Gasteiger partial charge >= 0.3 is 6.09 Å². The SMILES string of the molecule is CC(C)(C)OC(=O)NC1CCCC2(C1)NCCc1ccsc12. The van der Waals surface area contributed by atoms with Crippen LogP contribution in [0.4, 0.5) is 4.79 Å². The Bertz CT molecular complexity index is 549. The van der Waals surface area contributed by atoms with Crippen molar-refractivity contribution in [3.8, 4) is 0 Å². The largest absolute Gasteiger partial charge is 0.444 e. The Morgan fingerprint density at radius 1 is 1.50 bits per heavy atom. The zero-order valence-corrected chi connectivity index (χ0v) is 14.5. The summed E-state index contributed by atoms with van der Waals surface area (Å²) in [6.07, 6.45) is 5.10. The van der Waals surface area contributed by atoms with Gasteiger partial charge in [0.25, 0.3) is 0 Å². The molecule has 1 saturated carbocycles. The van der Waals surface area contributed by atoms with Crippen molar-refractivity contribution in [1.82, 2.24) is 10.6 Å². The Morgan fingerprint density at radius 3 is 3.09 bits per heavy atom. The average molecular weight is 322 g/mol. The molecule has 1 aliphatic heterocycles. The fourth-order valence-electron chi connectivity index (χ4n) is 3.71. The minimum Gasteiger partial charge on any atom is -0.444 e. The lowest BCUT2D eigenvalue weighted by atomic mass is 9.75. The van der Waals surface area contributed by atoms with Crippen molar-refractivity contribution in [3.63, 3.8) is 0 Å². The van der Waals surface area contributed by atoms with Gasteiger partial charge in [-0.05, 0) is 69.9 Å². The number of carbonyl (C=O) groups is 1. The lowest BCUT2D eigenvalue weighted by molar-refractivity contribution is 0.0471. The summed E-state index contributed by atoms with van der Waals surface area (Å²) in [6.45, 7) is 6.73. The lowest BCUT2D eigenvalue weighted by Gasteiger charge is -2.44. The first kappa shape index (κ1) is 15.8. The molecule has 1 amide bonds. The molecular formula is C17H26N2O2S. The van der Waals surface area contributed by atoms with E-state index in [0.717, 1.165) is 38.6 Å². The summed E-state index contributed by atoms with van der Waals surface area (Å²) in [6, 6.07) is 2.44.